The minimum atomic E-state index is -0.933. The molecule has 2 rings (SSSR count). The SMILES string of the molecule is COc1cc(F)c(C(=O)c2sccc2Br)c(F)c1. The Morgan fingerprint density at radius 1 is 1.33 bits per heavy atom. The Labute approximate surface area is 114 Å². The molecular weight excluding hydrogens is 326 g/mol. The molecule has 1 aromatic heterocycles. The summed E-state index contributed by atoms with van der Waals surface area (Å²) in [7, 11) is 1.30. The summed E-state index contributed by atoms with van der Waals surface area (Å²) >= 11 is 4.28. The highest BCUT2D eigenvalue weighted by Crippen LogP contribution is 2.29. The third kappa shape index (κ3) is 2.30. The molecule has 2 nitrogen and oxygen atoms in total. The molecule has 0 atom stereocenters. The Bertz CT molecular complexity index is 587. The molecule has 0 saturated carbocycles. The van der Waals surface area contributed by atoms with Gasteiger partial charge in [0.1, 0.15) is 17.4 Å². The largest absolute Gasteiger partial charge is 0.497 e. The van der Waals surface area contributed by atoms with E-state index in [1.807, 2.05) is 0 Å². The molecule has 0 radical (unpaired) electrons. The summed E-state index contributed by atoms with van der Waals surface area (Å²) in [6, 6.07) is 3.62. The Morgan fingerprint density at radius 3 is 2.39 bits per heavy atom. The molecule has 0 aliphatic carbocycles. The molecular formula is C12H7BrF2O2S. The van der Waals surface area contributed by atoms with Crippen LogP contribution in [-0.2, 0) is 0 Å². The fourth-order valence-corrected chi connectivity index (χ4v) is 2.95. The monoisotopic (exact) mass is 332 g/mol. The van der Waals surface area contributed by atoms with Crippen molar-refractivity contribution in [1.82, 2.24) is 0 Å². The van der Waals surface area contributed by atoms with Gasteiger partial charge in [-0.1, -0.05) is 0 Å². The Hall–Kier alpha value is -1.27. The first kappa shape index (κ1) is 13.2. The average Bonchev–Trinajstić information content (AvgIpc) is 2.74. The number of ketones is 1. The van der Waals surface area contributed by atoms with Gasteiger partial charge in [-0.05, 0) is 27.4 Å². The lowest BCUT2D eigenvalue weighted by Gasteiger charge is -2.06. The van der Waals surface area contributed by atoms with Crippen LogP contribution in [0.15, 0.2) is 28.1 Å². The summed E-state index contributed by atoms with van der Waals surface area (Å²) in [6.45, 7) is 0. The molecule has 6 heteroatoms. The molecule has 2 aromatic rings. The van der Waals surface area contributed by atoms with E-state index in [1.54, 1.807) is 11.4 Å². The molecule has 0 fully saturated rings. The molecule has 0 unspecified atom stereocenters. The summed E-state index contributed by atoms with van der Waals surface area (Å²) in [4.78, 5) is 12.3. The molecule has 1 heterocycles. The smallest absolute Gasteiger partial charge is 0.210 e. The quantitative estimate of drug-likeness (QED) is 0.793. The zero-order valence-electron chi connectivity index (χ0n) is 9.17. The van der Waals surface area contributed by atoms with Crippen LogP contribution in [0.25, 0.3) is 0 Å². The van der Waals surface area contributed by atoms with E-state index >= 15 is 0 Å². The van der Waals surface area contributed by atoms with Crippen LogP contribution in [0.2, 0.25) is 0 Å². The maximum absolute atomic E-state index is 13.7. The molecule has 0 spiro atoms. The van der Waals surface area contributed by atoms with E-state index < -0.39 is 23.0 Å². The number of rotatable bonds is 3. The third-order valence-corrected chi connectivity index (χ3v) is 4.14. The van der Waals surface area contributed by atoms with E-state index in [4.69, 9.17) is 4.74 Å². The molecule has 0 bridgehead atoms. The van der Waals surface area contributed by atoms with Crippen LogP contribution in [-0.4, -0.2) is 12.9 Å². The highest BCUT2D eigenvalue weighted by molar-refractivity contribution is 9.10. The first-order chi connectivity index (χ1) is 8.54. The lowest BCUT2D eigenvalue weighted by molar-refractivity contribution is 0.103. The Morgan fingerprint density at radius 2 is 1.94 bits per heavy atom. The van der Waals surface area contributed by atoms with Crippen molar-refractivity contribution in [2.45, 2.75) is 0 Å². The second kappa shape index (κ2) is 5.16. The summed E-state index contributed by atoms with van der Waals surface area (Å²) in [5.74, 6) is -2.52. The van der Waals surface area contributed by atoms with Crippen molar-refractivity contribution in [1.29, 1.82) is 0 Å². The predicted octanol–water partition coefficient (Wildman–Crippen LogP) is 4.03. The number of ether oxygens (including phenoxy) is 1. The van der Waals surface area contributed by atoms with Gasteiger partial charge >= 0.3 is 0 Å². The number of benzene rings is 1. The van der Waals surface area contributed by atoms with Gasteiger partial charge < -0.3 is 4.74 Å². The van der Waals surface area contributed by atoms with E-state index in [1.165, 1.54) is 7.11 Å². The van der Waals surface area contributed by atoms with E-state index in [2.05, 4.69) is 15.9 Å². The third-order valence-electron chi connectivity index (χ3n) is 2.30. The number of thiophene rings is 1. The van der Waals surface area contributed by atoms with Crippen molar-refractivity contribution in [2.24, 2.45) is 0 Å². The highest BCUT2D eigenvalue weighted by Gasteiger charge is 2.23. The van der Waals surface area contributed by atoms with Crippen molar-refractivity contribution in [3.05, 3.63) is 50.1 Å². The molecule has 0 aliphatic heterocycles. The molecule has 1 aromatic carbocycles. The minimum Gasteiger partial charge on any atom is -0.497 e. The zero-order valence-corrected chi connectivity index (χ0v) is 11.6. The van der Waals surface area contributed by atoms with Crippen LogP contribution in [0.1, 0.15) is 15.2 Å². The van der Waals surface area contributed by atoms with Gasteiger partial charge in [0.05, 0.1) is 17.6 Å². The van der Waals surface area contributed by atoms with Gasteiger partial charge in [0, 0.05) is 16.6 Å². The molecule has 0 amide bonds. The summed E-state index contributed by atoms with van der Waals surface area (Å²) < 4.78 is 32.7. The number of halogens is 3. The fourth-order valence-electron chi connectivity index (χ4n) is 1.45. The van der Waals surface area contributed by atoms with E-state index in [9.17, 15) is 13.6 Å². The highest BCUT2D eigenvalue weighted by atomic mass is 79.9. The van der Waals surface area contributed by atoms with Crippen LogP contribution < -0.4 is 4.74 Å². The van der Waals surface area contributed by atoms with Gasteiger partial charge in [-0.15, -0.1) is 11.3 Å². The standard InChI is InChI=1S/C12H7BrF2O2S/c1-17-6-4-8(14)10(9(15)5-6)11(16)12-7(13)2-3-18-12/h2-5H,1H3. The van der Waals surface area contributed by atoms with Gasteiger partial charge in [-0.25, -0.2) is 8.78 Å². The minimum absolute atomic E-state index is 0.0341. The topological polar surface area (TPSA) is 26.3 Å². The van der Waals surface area contributed by atoms with E-state index in [0.29, 0.717) is 4.47 Å². The van der Waals surface area contributed by atoms with Gasteiger partial charge in [0.25, 0.3) is 0 Å². The van der Waals surface area contributed by atoms with E-state index in [0.717, 1.165) is 23.5 Å². The molecule has 0 N–H and O–H groups in total. The van der Waals surface area contributed by atoms with Gasteiger partial charge in [-0.3, -0.25) is 4.79 Å². The number of carbonyl (C=O) groups is 1. The Kier molecular flexibility index (Phi) is 3.77. The van der Waals surface area contributed by atoms with Crippen molar-refractivity contribution in [3.63, 3.8) is 0 Å². The van der Waals surface area contributed by atoms with Crippen molar-refractivity contribution in [3.8, 4) is 5.75 Å². The number of hydrogen-bond donors (Lipinski definition) is 0. The second-order valence-electron chi connectivity index (χ2n) is 3.39. The summed E-state index contributed by atoms with van der Waals surface area (Å²) in [5.41, 5.74) is -0.570. The number of hydrogen-bond acceptors (Lipinski definition) is 3. The molecule has 18 heavy (non-hydrogen) atoms. The predicted molar refractivity (Wildman–Crippen MR) is 68.4 cm³/mol. The maximum atomic E-state index is 13.7. The fraction of sp³-hybridized carbons (Fsp3) is 0.0833. The van der Waals surface area contributed by atoms with Gasteiger partial charge in [0.2, 0.25) is 5.78 Å². The second-order valence-corrected chi connectivity index (χ2v) is 5.16. The van der Waals surface area contributed by atoms with Crippen LogP contribution in [0, 0.1) is 11.6 Å². The van der Waals surface area contributed by atoms with Crippen molar-refractivity contribution in [2.75, 3.05) is 7.11 Å². The Balaban J connectivity index is 2.52. The summed E-state index contributed by atoms with van der Waals surface area (Å²) in [6.07, 6.45) is 0. The average molecular weight is 333 g/mol. The lowest BCUT2D eigenvalue weighted by Crippen LogP contribution is -2.07. The van der Waals surface area contributed by atoms with Crippen LogP contribution in [0.5, 0.6) is 5.75 Å². The summed E-state index contributed by atoms with van der Waals surface area (Å²) in [5, 5.41) is 1.66. The number of methoxy groups -OCH3 is 1. The van der Waals surface area contributed by atoms with Crippen LogP contribution in [0.3, 0.4) is 0 Å². The first-order valence-corrected chi connectivity index (χ1v) is 6.52. The van der Waals surface area contributed by atoms with Crippen molar-refractivity contribution < 1.29 is 18.3 Å². The maximum Gasteiger partial charge on any atom is 0.210 e. The van der Waals surface area contributed by atoms with Gasteiger partial charge in [-0.2, -0.15) is 0 Å². The van der Waals surface area contributed by atoms with Gasteiger partial charge in [0.15, 0.2) is 0 Å². The first-order valence-electron chi connectivity index (χ1n) is 4.85. The van der Waals surface area contributed by atoms with E-state index in [-0.39, 0.29) is 10.6 Å². The molecule has 0 saturated heterocycles. The van der Waals surface area contributed by atoms with Crippen molar-refractivity contribution >= 4 is 33.0 Å². The van der Waals surface area contributed by atoms with Crippen LogP contribution in [0.4, 0.5) is 8.78 Å². The zero-order chi connectivity index (χ0) is 13.3. The lowest BCUT2D eigenvalue weighted by atomic mass is 10.1. The molecule has 94 valence electrons. The van der Waals surface area contributed by atoms with Crippen LogP contribution >= 0.6 is 27.3 Å². The number of carbonyl (C=O) groups excluding carboxylic acids is 1. The normalized spacial score (nSPS) is 10.4. The molecule has 0 aliphatic rings.